The lowest BCUT2D eigenvalue weighted by molar-refractivity contribution is -0.126. The number of carbonyl (C=O) groups is 1. The van der Waals surface area contributed by atoms with Crippen molar-refractivity contribution in [3.8, 4) is 28.3 Å². The number of aromatic nitrogens is 1. The quantitative estimate of drug-likeness (QED) is 0.397. The number of nitrogens with two attached hydrogens (primary N) is 1. The molecule has 1 aliphatic heterocycles. The molecule has 3 aromatic rings. The first kappa shape index (κ1) is 24.8. The fraction of sp³-hybridized carbons (Fsp3) is 0.308. The minimum atomic E-state index is -1.02. The molecule has 178 valence electrons. The number of hydrogen-bond acceptors (Lipinski definition) is 4. The highest BCUT2D eigenvalue weighted by Gasteiger charge is 2.38. The van der Waals surface area contributed by atoms with Gasteiger partial charge in [0.2, 0.25) is 11.8 Å². The molecule has 1 amide bonds. The van der Waals surface area contributed by atoms with Gasteiger partial charge in [-0.3, -0.25) is 4.79 Å². The lowest BCUT2D eigenvalue weighted by Crippen LogP contribution is -2.52. The molecular formula is C26H26Cl3N3O2. The molecule has 0 fully saturated rings. The highest BCUT2D eigenvalue weighted by atomic mass is 35.5. The Kier molecular flexibility index (Phi) is 6.60. The van der Waals surface area contributed by atoms with Crippen LogP contribution in [0.5, 0.6) is 5.88 Å². The number of nitrogens with zero attached hydrogens (tertiary/aromatic N) is 1. The zero-order valence-corrected chi connectivity index (χ0v) is 21.6. The number of carbonyl (C=O) groups excluding carboxylic acids is 1. The smallest absolute Gasteiger partial charge is 0.239 e. The molecule has 0 saturated heterocycles. The average molecular weight is 519 g/mol. The second kappa shape index (κ2) is 9.04. The van der Waals surface area contributed by atoms with Crippen molar-refractivity contribution in [3.05, 3.63) is 69.2 Å². The van der Waals surface area contributed by atoms with Crippen molar-refractivity contribution >= 4 is 40.7 Å². The molecule has 1 aromatic heterocycles. The molecule has 1 aliphatic rings. The first-order valence-electron chi connectivity index (χ1n) is 10.9. The maximum absolute atomic E-state index is 12.8. The van der Waals surface area contributed by atoms with Gasteiger partial charge in [-0.25, -0.2) is 4.98 Å². The van der Waals surface area contributed by atoms with Crippen LogP contribution < -0.4 is 15.8 Å². The van der Waals surface area contributed by atoms with E-state index in [4.69, 9.17) is 50.3 Å². The number of halogens is 3. The minimum absolute atomic E-state index is 0.251. The molecule has 4 rings (SSSR count). The normalized spacial score (nSPS) is 17.0. The van der Waals surface area contributed by atoms with Crippen LogP contribution >= 0.6 is 34.8 Å². The maximum Gasteiger partial charge on any atom is 0.239 e. The molecule has 0 spiro atoms. The highest BCUT2D eigenvalue weighted by Crippen LogP contribution is 2.45. The summed E-state index contributed by atoms with van der Waals surface area (Å²) in [4.78, 5) is 17.7. The van der Waals surface area contributed by atoms with Crippen molar-refractivity contribution in [2.24, 2.45) is 5.73 Å². The Morgan fingerprint density at radius 1 is 1.06 bits per heavy atom. The van der Waals surface area contributed by atoms with Gasteiger partial charge in [-0.15, -0.1) is 0 Å². The molecule has 3 N–H and O–H groups in total. The third kappa shape index (κ3) is 5.18. The third-order valence-corrected chi connectivity index (χ3v) is 6.49. The molecule has 8 heteroatoms. The van der Waals surface area contributed by atoms with E-state index in [-0.39, 0.29) is 11.9 Å². The van der Waals surface area contributed by atoms with Crippen LogP contribution in [0.15, 0.2) is 48.5 Å². The second-order valence-electron chi connectivity index (χ2n) is 9.72. The van der Waals surface area contributed by atoms with Gasteiger partial charge in [-0.2, -0.15) is 0 Å². The topological polar surface area (TPSA) is 77.2 Å². The predicted molar refractivity (Wildman–Crippen MR) is 139 cm³/mol. The molecule has 0 bridgehead atoms. The summed E-state index contributed by atoms with van der Waals surface area (Å²) in [5, 5.41) is 4.72. The third-order valence-electron chi connectivity index (χ3n) is 5.69. The Morgan fingerprint density at radius 2 is 1.71 bits per heavy atom. The zero-order valence-electron chi connectivity index (χ0n) is 19.4. The van der Waals surface area contributed by atoms with Crippen LogP contribution in [0.25, 0.3) is 22.4 Å². The van der Waals surface area contributed by atoms with Crippen LogP contribution in [0.4, 0.5) is 0 Å². The minimum Gasteiger partial charge on any atom is -0.471 e. The zero-order chi connectivity index (χ0) is 24.8. The van der Waals surface area contributed by atoms with Crippen LogP contribution in [0.3, 0.4) is 0 Å². The van der Waals surface area contributed by atoms with Gasteiger partial charge >= 0.3 is 0 Å². The molecule has 1 atom stereocenters. The largest absolute Gasteiger partial charge is 0.471 e. The van der Waals surface area contributed by atoms with Crippen molar-refractivity contribution in [2.45, 2.75) is 51.3 Å². The van der Waals surface area contributed by atoms with Gasteiger partial charge in [-0.05, 0) is 69.7 Å². The Hall–Kier alpha value is -2.31. The first-order chi connectivity index (χ1) is 15.8. The van der Waals surface area contributed by atoms with Gasteiger partial charge < -0.3 is 15.8 Å². The van der Waals surface area contributed by atoms with Crippen LogP contribution in [-0.4, -0.2) is 22.0 Å². The molecule has 0 saturated carbocycles. The van der Waals surface area contributed by atoms with E-state index in [0.29, 0.717) is 33.1 Å². The Balaban J connectivity index is 1.93. The van der Waals surface area contributed by atoms with E-state index in [1.54, 1.807) is 26.0 Å². The van der Waals surface area contributed by atoms with Gasteiger partial charge in [-0.1, -0.05) is 46.9 Å². The van der Waals surface area contributed by atoms with Crippen LogP contribution in [0, 0.1) is 0 Å². The fourth-order valence-electron chi connectivity index (χ4n) is 3.96. The van der Waals surface area contributed by atoms with Gasteiger partial charge in [0.1, 0.15) is 5.60 Å². The summed E-state index contributed by atoms with van der Waals surface area (Å²) in [6.45, 7) is 7.28. The number of benzene rings is 2. The van der Waals surface area contributed by atoms with Gasteiger partial charge in [0.25, 0.3) is 0 Å². The lowest BCUT2D eigenvalue weighted by atomic mass is 9.88. The number of nitrogens with one attached hydrogen (secondary N) is 1. The number of ether oxygens (including phenoxy) is 1. The number of fused-ring (bicyclic) bond motifs is 1. The standard InChI is InChI=1S/C26H26Cl3N3O2/c1-25(2)13-21(31-24(33)26(3,4)30)19-12-18(14-5-7-15(27)8-6-14)22(32-23(19)34-25)17-10-9-16(28)11-20(17)29/h5-12,21H,13,30H2,1-4H3,(H,31,33). The number of pyridine rings is 1. The van der Waals surface area contributed by atoms with E-state index < -0.39 is 11.1 Å². The number of rotatable bonds is 4. The predicted octanol–water partition coefficient (Wildman–Crippen LogP) is 6.83. The maximum atomic E-state index is 12.8. The number of hydrogen-bond donors (Lipinski definition) is 2. The second-order valence-corrected chi connectivity index (χ2v) is 11.0. The molecule has 2 aromatic carbocycles. The molecular weight excluding hydrogens is 493 g/mol. The van der Waals surface area contributed by atoms with Crippen molar-refractivity contribution < 1.29 is 9.53 Å². The van der Waals surface area contributed by atoms with Crippen molar-refractivity contribution in [3.63, 3.8) is 0 Å². The first-order valence-corrected chi connectivity index (χ1v) is 12.0. The average Bonchev–Trinajstić information content (AvgIpc) is 2.72. The number of amides is 1. The van der Waals surface area contributed by atoms with E-state index in [1.807, 2.05) is 50.2 Å². The summed E-state index contributed by atoms with van der Waals surface area (Å²) < 4.78 is 6.27. The Labute approximate surface area is 214 Å². The fourth-order valence-corrected chi connectivity index (χ4v) is 4.58. The summed E-state index contributed by atoms with van der Waals surface area (Å²) in [7, 11) is 0. The van der Waals surface area contributed by atoms with E-state index in [2.05, 4.69) is 5.32 Å². The molecule has 2 heterocycles. The summed E-state index contributed by atoms with van der Waals surface area (Å²) >= 11 is 18.9. The molecule has 1 unspecified atom stereocenters. The summed E-state index contributed by atoms with van der Waals surface area (Å²) in [6, 6.07) is 14.4. The van der Waals surface area contributed by atoms with Crippen molar-refractivity contribution in [1.29, 1.82) is 0 Å². The van der Waals surface area contributed by atoms with E-state index >= 15 is 0 Å². The molecule has 5 nitrogen and oxygen atoms in total. The van der Waals surface area contributed by atoms with E-state index in [9.17, 15) is 4.79 Å². The van der Waals surface area contributed by atoms with Gasteiger partial charge in [0, 0.05) is 33.2 Å². The molecule has 0 aliphatic carbocycles. The molecule has 0 radical (unpaired) electrons. The van der Waals surface area contributed by atoms with Gasteiger partial charge in [0.05, 0.1) is 22.3 Å². The van der Waals surface area contributed by atoms with Crippen LogP contribution in [-0.2, 0) is 4.79 Å². The van der Waals surface area contributed by atoms with Crippen LogP contribution in [0.2, 0.25) is 15.1 Å². The van der Waals surface area contributed by atoms with Crippen LogP contribution in [0.1, 0.15) is 45.7 Å². The SMILES string of the molecule is CC1(C)CC(NC(=O)C(C)(C)N)c2cc(-c3ccc(Cl)cc3)c(-c3ccc(Cl)cc3Cl)nc2O1. The summed E-state index contributed by atoms with van der Waals surface area (Å²) in [5.74, 6) is 0.189. The van der Waals surface area contributed by atoms with Gasteiger partial charge in [0.15, 0.2) is 0 Å². The lowest BCUT2D eigenvalue weighted by Gasteiger charge is -2.38. The van der Waals surface area contributed by atoms with Crippen molar-refractivity contribution in [1.82, 2.24) is 10.3 Å². The van der Waals surface area contributed by atoms with E-state index in [0.717, 1.165) is 22.3 Å². The summed E-state index contributed by atoms with van der Waals surface area (Å²) in [5.41, 5.74) is 8.33. The monoisotopic (exact) mass is 517 g/mol. The molecule has 34 heavy (non-hydrogen) atoms. The summed E-state index contributed by atoms with van der Waals surface area (Å²) in [6.07, 6.45) is 0.560. The van der Waals surface area contributed by atoms with Crippen molar-refractivity contribution in [2.75, 3.05) is 0 Å². The van der Waals surface area contributed by atoms with E-state index in [1.165, 1.54) is 0 Å². The Bertz CT molecular complexity index is 1250. The highest BCUT2D eigenvalue weighted by molar-refractivity contribution is 6.36. The Morgan fingerprint density at radius 3 is 2.32 bits per heavy atom.